The van der Waals surface area contributed by atoms with E-state index in [1.54, 1.807) is 0 Å². The second kappa shape index (κ2) is 56.0. The standard InChI is InChI=1S/C61H110O6/c1-4-7-10-13-16-19-22-25-28-29-30-31-34-37-40-43-46-49-52-55-61(64)67-58(56-65-59(62)53-50-47-44-41-38-35-32-26-23-20-17-14-11-8-5-2)57-66-60(63)54-51-48-45-42-39-36-33-27-24-21-18-15-12-9-6-3/h17,20-21,24,26,32,38,41,58H,4-16,18-19,22-23,25,27-31,33-37,39-40,42-57H2,1-3H3/b20-17-,24-21-,32-26-,41-38-/t58-/m1/s1. The number of ether oxygens (including phenoxy) is 3. The minimum absolute atomic E-state index is 0.0846. The minimum Gasteiger partial charge on any atom is -0.462 e. The van der Waals surface area contributed by atoms with Crippen molar-refractivity contribution in [1.82, 2.24) is 0 Å². The molecule has 0 radical (unpaired) electrons. The number of carbonyl (C=O) groups is 3. The van der Waals surface area contributed by atoms with E-state index in [-0.39, 0.29) is 31.1 Å². The largest absolute Gasteiger partial charge is 0.462 e. The van der Waals surface area contributed by atoms with E-state index in [1.807, 2.05) is 0 Å². The zero-order valence-electron chi connectivity index (χ0n) is 44.7. The Labute approximate surface area is 416 Å². The maximum absolute atomic E-state index is 12.9. The minimum atomic E-state index is -0.788. The van der Waals surface area contributed by atoms with E-state index < -0.39 is 6.10 Å². The highest BCUT2D eigenvalue weighted by atomic mass is 16.6. The molecule has 0 saturated carbocycles. The average molecular weight is 940 g/mol. The van der Waals surface area contributed by atoms with E-state index in [4.69, 9.17) is 14.2 Å². The molecule has 1 atom stereocenters. The highest BCUT2D eigenvalue weighted by molar-refractivity contribution is 5.71. The van der Waals surface area contributed by atoms with Crippen LogP contribution in [0.2, 0.25) is 0 Å². The molecule has 0 aromatic heterocycles. The van der Waals surface area contributed by atoms with Gasteiger partial charge in [0.2, 0.25) is 0 Å². The third kappa shape index (κ3) is 54.2. The predicted octanol–water partition coefficient (Wildman–Crippen LogP) is 19.4. The first kappa shape index (κ1) is 64.4. The smallest absolute Gasteiger partial charge is 0.306 e. The fraction of sp³-hybridized carbons (Fsp3) is 0.820. The van der Waals surface area contributed by atoms with Crippen molar-refractivity contribution in [3.05, 3.63) is 48.6 Å². The molecule has 67 heavy (non-hydrogen) atoms. The summed E-state index contributed by atoms with van der Waals surface area (Å²) >= 11 is 0. The van der Waals surface area contributed by atoms with Crippen molar-refractivity contribution in [1.29, 1.82) is 0 Å². The van der Waals surface area contributed by atoms with E-state index in [0.717, 1.165) is 70.6 Å². The van der Waals surface area contributed by atoms with Gasteiger partial charge in [-0.3, -0.25) is 14.4 Å². The van der Waals surface area contributed by atoms with Gasteiger partial charge in [-0.25, -0.2) is 0 Å². The van der Waals surface area contributed by atoms with Gasteiger partial charge in [0.05, 0.1) is 0 Å². The molecule has 0 aliphatic rings. The van der Waals surface area contributed by atoms with E-state index in [2.05, 4.69) is 69.4 Å². The first-order chi connectivity index (χ1) is 33.0. The molecule has 0 aromatic rings. The van der Waals surface area contributed by atoms with Gasteiger partial charge in [-0.2, -0.15) is 0 Å². The highest BCUT2D eigenvalue weighted by Gasteiger charge is 2.19. The SMILES string of the molecule is CCCCC/C=C\C/C=C\C/C=C\CCCCC(=O)OC[C@H](COC(=O)CCCCCCCCC/C=C\CCCCCC)OC(=O)CCCCCCCCCCCCCCCCCCCCC. The lowest BCUT2D eigenvalue weighted by Gasteiger charge is -2.18. The van der Waals surface area contributed by atoms with Gasteiger partial charge in [0.25, 0.3) is 0 Å². The maximum atomic E-state index is 12.9. The Hall–Kier alpha value is -2.63. The van der Waals surface area contributed by atoms with Crippen molar-refractivity contribution in [3.63, 3.8) is 0 Å². The zero-order valence-corrected chi connectivity index (χ0v) is 44.7. The Morgan fingerprint density at radius 1 is 0.299 bits per heavy atom. The summed E-state index contributed by atoms with van der Waals surface area (Å²) in [5.41, 5.74) is 0. The lowest BCUT2D eigenvalue weighted by atomic mass is 10.0. The van der Waals surface area contributed by atoms with E-state index in [1.165, 1.54) is 193 Å². The molecule has 0 spiro atoms. The van der Waals surface area contributed by atoms with Crippen LogP contribution in [-0.4, -0.2) is 37.2 Å². The van der Waals surface area contributed by atoms with Crippen LogP contribution < -0.4 is 0 Å². The molecular formula is C61H110O6. The second-order valence-corrected chi connectivity index (χ2v) is 19.6. The molecule has 0 aliphatic carbocycles. The number of hydrogen-bond donors (Lipinski definition) is 0. The van der Waals surface area contributed by atoms with Crippen LogP contribution in [0.3, 0.4) is 0 Å². The van der Waals surface area contributed by atoms with Gasteiger partial charge in [0.1, 0.15) is 13.2 Å². The summed E-state index contributed by atoms with van der Waals surface area (Å²) in [6.45, 7) is 6.60. The summed E-state index contributed by atoms with van der Waals surface area (Å²) in [7, 11) is 0. The van der Waals surface area contributed by atoms with Crippen molar-refractivity contribution < 1.29 is 28.6 Å². The molecule has 0 aliphatic heterocycles. The Balaban J connectivity index is 4.39. The molecule has 6 nitrogen and oxygen atoms in total. The van der Waals surface area contributed by atoms with Crippen LogP contribution in [0.5, 0.6) is 0 Å². The van der Waals surface area contributed by atoms with Gasteiger partial charge >= 0.3 is 17.9 Å². The van der Waals surface area contributed by atoms with Gasteiger partial charge in [-0.15, -0.1) is 0 Å². The second-order valence-electron chi connectivity index (χ2n) is 19.6. The van der Waals surface area contributed by atoms with Crippen molar-refractivity contribution in [2.24, 2.45) is 0 Å². The molecular weight excluding hydrogens is 829 g/mol. The molecule has 0 aromatic carbocycles. The van der Waals surface area contributed by atoms with Crippen molar-refractivity contribution >= 4 is 17.9 Å². The molecule has 390 valence electrons. The summed E-state index contributed by atoms with van der Waals surface area (Å²) in [6.07, 6.45) is 68.2. The zero-order chi connectivity index (χ0) is 48.6. The summed E-state index contributed by atoms with van der Waals surface area (Å²) in [5, 5.41) is 0. The summed E-state index contributed by atoms with van der Waals surface area (Å²) < 4.78 is 16.8. The summed E-state index contributed by atoms with van der Waals surface area (Å²) in [4.78, 5) is 38.1. The molecule has 0 unspecified atom stereocenters. The maximum Gasteiger partial charge on any atom is 0.306 e. The first-order valence-electron chi connectivity index (χ1n) is 29.1. The molecule has 6 heteroatoms. The Bertz CT molecular complexity index is 1170. The van der Waals surface area contributed by atoms with Crippen LogP contribution in [0.1, 0.15) is 303 Å². The quantitative estimate of drug-likeness (QED) is 0.0262. The highest BCUT2D eigenvalue weighted by Crippen LogP contribution is 2.16. The lowest BCUT2D eigenvalue weighted by Crippen LogP contribution is -2.30. The number of unbranched alkanes of at least 4 members (excludes halogenated alkanes) is 34. The average Bonchev–Trinajstić information content (AvgIpc) is 3.33. The third-order valence-electron chi connectivity index (χ3n) is 12.8. The molecule has 0 fully saturated rings. The third-order valence-corrected chi connectivity index (χ3v) is 12.8. The number of hydrogen-bond acceptors (Lipinski definition) is 6. The van der Waals surface area contributed by atoms with Crippen LogP contribution in [0.15, 0.2) is 48.6 Å². The van der Waals surface area contributed by atoms with Crippen LogP contribution in [-0.2, 0) is 28.6 Å². The number of esters is 3. The molecule has 0 amide bonds. The van der Waals surface area contributed by atoms with E-state index in [0.29, 0.717) is 19.3 Å². The number of allylic oxidation sites excluding steroid dienone is 8. The monoisotopic (exact) mass is 939 g/mol. The van der Waals surface area contributed by atoms with Gasteiger partial charge in [0, 0.05) is 19.3 Å². The molecule has 0 saturated heterocycles. The molecule has 0 N–H and O–H groups in total. The van der Waals surface area contributed by atoms with Crippen LogP contribution >= 0.6 is 0 Å². The predicted molar refractivity (Wildman–Crippen MR) is 289 cm³/mol. The van der Waals surface area contributed by atoms with Gasteiger partial charge in [-0.1, -0.05) is 249 Å². The van der Waals surface area contributed by atoms with E-state index >= 15 is 0 Å². The van der Waals surface area contributed by atoms with Crippen molar-refractivity contribution in [2.45, 2.75) is 309 Å². The fourth-order valence-electron chi connectivity index (χ4n) is 8.39. The van der Waals surface area contributed by atoms with Crippen LogP contribution in [0.4, 0.5) is 0 Å². The lowest BCUT2D eigenvalue weighted by molar-refractivity contribution is -0.167. The van der Waals surface area contributed by atoms with Gasteiger partial charge in [0.15, 0.2) is 6.10 Å². The first-order valence-corrected chi connectivity index (χ1v) is 29.1. The molecule has 0 rings (SSSR count). The Kier molecular flexibility index (Phi) is 53.8. The Morgan fingerprint density at radius 2 is 0.537 bits per heavy atom. The van der Waals surface area contributed by atoms with Gasteiger partial charge < -0.3 is 14.2 Å². The number of carbonyl (C=O) groups excluding carboxylic acids is 3. The molecule has 0 heterocycles. The van der Waals surface area contributed by atoms with Crippen molar-refractivity contribution in [3.8, 4) is 0 Å². The fourth-order valence-corrected chi connectivity index (χ4v) is 8.39. The van der Waals surface area contributed by atoms with Crippen molar-refractivity contribution in [2.75, 3.05) is 13.2 Å². The van der Waals surface area contributed by atoms with Gasteiger partial charge in [-0.05, 0) is 83.5 Å². The Morgan fingerprint density at radius 3 is 0.925 bits per heavy atom. The molecule has 0 bridgehead atoms. The summed E-state index contributed by atoms with van der Waals surface area (Å²) in [5.74, 6) is -0.913. The van der Waals surface area contributed by atoms with Crippen LogP contribution in [0.25, 0.3) is 0 Å². The normalized spacial score (nSPS) is 12.3. The van der Waals surface area contributed by atoms with E-state index in [9.17, 15) is 14.4 Å². The van der Waals surface area contributed by atoms with Crippen LogP contribution in [0, 0.1) is 0 Å². The summed E-state index contributed by atoms with van der Waals surface area (Å²) in [6, 6.07) is 0. The topological polar surface area (TPSA) is 78.9 Å². The number of rotatable bonds is 53.